The maximum absolute atomic E-state index is 11.8. The van der Waals surface area contributed by atoms with Crippen molar-refractivity contribution in [2.45, 2.75) is 51.9 Å². The number of unbranched alkanes of at least 4 members (excludes halogenated alkanes) is 2. The summed E-state index contributed by atoms with van der Waals surface area (Å²) >= 11 is 0. The molecule has 0 aliphatic carbocycles. The molecule has 0 aromatic heterocycles. The highest BCUT2D eigenvalue weighted by molar-refractivity contribution is 5.95. The molecule has 0 radical (unpaired) electrons. The minimum absolute atomic E-state index is 0.103. The molecule has 0 unspecified atom stereocenters. The average molecular weight is 318 g/mol. The lowest BCUT2D eigenvalue weighted by atomic mass is 9.79. The fourth-order valence-electron chi connectivity index (χ4n) is 2.64. The Morgan fingerprint density at radius 3 is 2.22 bits per heavy atom. The van der Waals surface area contributed by atoms with E-state index < -0.39 is 11.9 Å². The van der Waals surface area contributed by atoms with E-state index in [1.165, 1.54) is 6.07 Å². The minimum atomic E-state index is -0.723. The minimum Gasteiger partial charge on any atom is -0.504 e. The number of hydrogen-bond acceptors (Lipinski definition) is 5. The van der Waals surface area contributed by atoms with E-state index >= 15 is 0 Å². The van der Waals surface area contributed by atoms with Crippen molar-refractivity contribution in [3.8, 4) is 17.2 Å². The van der Waals surface area contributed by atoms with Crippen LogP contribution in [0.2, 0.25) is 0 Å². The van der Waals surface area contributed by atoms with Crippen molar-refractivity contribution in [1.29, 1.82) is 0 Å². The van der Waals surface area contributed by atoms with Crippen molar-refractivity contribution < 1.29 is 24.2 Å². The maximum Gasteiger partial charge on any atom is 0.336 e. The lowest BCUT2D eigenvalue weighted by molar-refractivity contribution is -0.133. The number of esters is 2. The van der Waals surface area contributed by atoms with Gasteiger partial charge in [0, 0.05) is 17.7 Å². The van der Waals surface area contributed by atoms with Gasteiger partial charge in [0.05, 0.1) is 0 Å². The molecule has 1 aliphatic rings. The Bertz CT molecular complexity index is 643. The molecule has 0 saturated heterocycles. The van der Waals surface area contributed by atoms with Crippen LogP contribution >= 0.6 is 0 Å². The molecule has 0 bridgehead atoms. The Hall–Kier alpha value is -2.30. The monoisotopic (exact) mass is 318 g/mol. The SMILES string of the molecule is CCCCCC(C)(C)c1ccc(O)c2c1OC(=O)/C=C\C(=O)O2. The quantitative estimate of drug-likeness (QED) is 0.510. The second kappa shape index (κ2) is 6.86. The number of hydrogen-bond donors (Lipinski definition) is 1. The van der Waals surface area contributed by atoms with Gasteiger partial charge in [-0.1, -0.05) is 46.1 Å². The van der Waals surface area contributed by atoms with Gasteiger partial charge in [-0.05, 0) is 17.9 Å². The number of rotatable bonds is 5. The van der Waals surface area contributed by atoms with Gasteiger partial charge in [-0.15, -0.1) is 0 Å². The summed E-state index contributed by atoms with van der Waals surface area (Å²) in [6.45, 7) is 6.22. The summed E-state index contributed by atoms with van der Waals surface area (Å²) < 4.78 is 10.5. The second-order valence-electron chi connectivity index (χ2n) is 6.31. The predicted octanol–water partition coefficient (Wildman–Crippen LogP) is 3.63. The van der Waals surface area contributed by atoms with Crippen molar-refractivity contribution >= 4 is 11.9 Å². The van der Waals surface area contributed by atoms with Crippen LogP contribution in [0.1, 0.15) is 52.0 Å². The lowest BCUT2D eigenvalue weighted by Gasteiger charge is -2.28. The van der Waals surface area contributed by atoms with Crippen LogP contribution in [0.5, 0.6) is 17.2 Å². The van der Waals surface area contributed by atoms with Gasteiger partial charge in [0.1, 0.15) is 0 Å². The molecule has 2 rings (SSSR count). The Balaban J connectivity index is 2.47. The van der Waals surface area contributed by atoms with Gasteiger partial charge in [0.2, 0.25) is 5.75 Å². The highest BCUT2D eigenvalue weighted by Crippen LogP contribution is 2.46. The summed E-state index contributed by atoms with van der Waals surface area (Å²) in [7, 11) is 0. The lowest BCUT2D eigenvalue weighted by Crippen LogP contribution is -2.22. The second-order valence-corrected chi connectivity index (χ2v) is 6.31. The summed E-state index contributed by atoms with van der Waals surface area (Å²) in [5, 5.41) is 9.99. The van der Waals surface area contributed by atoms with Gasteiger partial charge in [-0.3, -0.25) is 0 Å². The standard InChI is InChI=1S/C18H22O5/c1-4-5-6-11-18(2,3)12-7-8-13(19)17-16(12)22-14(20)9-10-15(21)23-17/h7-10,19H,4-6,11H2,1-3H3/b10-9-. The summed E-state index contributed by atoms with van der Waals surface area (Å²) in [5.74, 6) is -1.61. The van der Waals surface area contributed by atoms with Gasteiger partial charge in [-0.2, -0.15) is 0 Å². The first-order valence-corrected chi connectivity index (χ1v) is 7.83. The van der Waals surface area contributed by atoms with E-state index in [1.54, 1.807) is 6.07 Å². The van der Waals surface area contributed by atoms with Gasteiger partial charge >= 0.3 is 11.9 Å². The number of carbonyl (C=O) groups excluding carboxylic acids is 2. The Morgan fingerprint density at radius 2 is 1.61 bits per heavy atom. The van der Waals surface area contributed by atoms with E-state index in [1.807, 2.05) is 13.8 Å². The largest absolute Gasteiger partial charge is 0.504 e. The highest BCUT2D eigenvalue weighted by Gasteiger charge is 2.30. The molecule has 124 valence electrons. The van der Waals surface area contributed by atoms with E-state index in [4.69, 9.17) is 9.47 Å². The summed E-state index contributed by atoms with van der Waals surface area (Å²) in [4.78, 5) is 23.4. The van der Waals surface area contributed by atoms with Crippen LogP contribution < -0.4 is 9.47 Å². The van der Waals surface area contributed by atoms with Crippen LogP contribution in [0.15, 0.2) is 24.3 Å². The molecule has 23 heavy (non-hydrogen) atoms. The number of carbonyl (C=O) groups is 2. The van der Waals surface area contributed by atoms with Crippen LogP contribution in [0.25, 0.3) is 0 Å². The van der Waals surface area contributed by atoms with Crippen molar-refractivity contribution in [2.75, 3.05) is 0 Å². The Kier molecular flexibility index (Phi) is 5.08. The zero-order valence-corrected chi connectivity index (χ0v) is 13.7. The smallest absolute Gasteiger partial charge is 0.336 e. The normalized spacial score (nSPS) is 16.0. The topological polar surface area (TPSA) is 72.8 Å². The number of phenolic OH excluding ortho intramolecular Hbond substituents is 1. The van der Waals surface area contributed by atoms with E-state index in [0.29, 0.717) is 0 Å². The third-order valence-corrected chi connectivity index (χ3v) is 3.99. The van der Waals surface area contributed by atoms with Crippen molar-refractivity contribution in [2.24, 2.45) is 0 Å². The third-order valence-electron chi connectivity index (χ3n) is 3.99. The molecule has 0 saturated carbocycles. The van der Waals surface area contributed by atoms with E-state index in [2.05, 4.69) is 6.92 Å². The molecule has 1 aromatic carbocycles. The molecular weight excluding hydrogens is 296 g/mol. The predicted molar refractivity (Wildman–Crippen MR) is 85.7 cm³/mol. The first-order chi connectivity index (χ1) is 10.8. The number of phenols is 1. The molecule has 1 aliphatic heterocycles. The molecule has 0 spiro atoms. The van der Waals surface area contributed by atoms with E-state index in [9.17, 15) is 14.7 Å². The summed E-state index contributed by atoms with van der Waals surface area (Å²) in [5.41, 5.74) is 0.445. The van der Waals surface area contributed by atoms with Crippen LogP contribution in [-0.4, -0.2) is 17.0 Å². The van der Waals surface area contributed by atoms with Crippen molar-refractivity contribution in [1.82, 2.24) is 0 Å². The van der Waals surface area contributed by atoms with Gasteiger partial charge < -0.3 is 14.6 Å². The number of benzene rings is 1. The van der Waals surface area contributed by atoms with E-state index in [-0.39, 0.29) is 22.7 Å². The average Bonchev–Trinajstić information content (AvgIpc) is 2.47. The number of aromatic hydroxyl groups is 1. The molecule has 0 amide bonds. The molecule has 0 atom stereocenters. The molecule has 1 N–H and O–H groups in total. The molecule has 1 aromatic rings. The zero-order valence-electron chi connectivity index (χ0n) is 13.7. The van der Waals surface area contributed by atoms with Crippen LogP contribution in [0, 0.1) is 0 Å². The van der Waals surface area contributed by atoms with Crippen LogP contribution in [0.3, 0.4) is 0 Å². The van der Waals surface area contributed by atoms with Crippen LogP contribution in [-0.2, 0) is 15.0 Å². The zero-order chi connectivity index (χ0) is 17.0. The maximum atomic E-state index is 11.8. The highest BCUT2D eigenvalue weighted by atomic mass is 16.6. The number of fused-ring (bicyclic) bond motifs is 1. The van der Waals surface area contributed by atoms with Crippen LogP contribution in [0.4, 0.5) is 0 Å². The van der Waals surface area contributed by atoms with Crippen molar-refractivity contribution in [3.63, 3.8) is 0 Å². The molecule has 0 fully saturated rings. The summed E-state index contributed by atoms with van der Waals surface area (Å²) in [6, 6.07) is 3.18. The third kappa shape index (κ3) is 3.92. The fourth-order valence-corrected chi connectivity index (χ4v) is 2.64. The molecule has 1 heterocycles. The number of ether oxygens (including phenoxy) is 2. The Labute approximate surface area is 135 Å². The van der Waals surface area contributed by atoms with Gasteiger partial charge in [0.15, 0.2) is 11.5 Å². The van der Waals surface area contributed by atoms with Crippen molar-refractivity contribution in [3.05, 3.63) is 29.8 Å². The summed E-state index contributed by atoms with van der Waals surface area (Å²) in [6.07, 6.45) is 6.14. The molecule has 5 heteroatoms. The molecule has 5 nitrogen and oxygen atoms in total. The first-order valence-electron chi connectivity index (χ1n) is 7.83. The Morgan fingerprint density at radius 1 is 1.00 bits per heavy atom. The fraction of sp³-hybridized carbons (Fsp3) is 0.444. The van der Waals surface area contributed by atoms with Gasteiger partial charge in [-0.25, -0.2) is 9.59 Å². The first kappa shape index (κ1) is 17.1. The van der Waals surface area contributed by atoms with Gasteiger partial charge in [0.25, 0.3) is 0 Å². The molecular formula is C18H22O5. The van der Waals surface area contributed by atoms with E-state index in [0.717, 1.165) is 43.4 Å².